The summed E-state index contributed by atoms with van der Waals surface area (Å²) in [6.07, 6.45) is 0. The average molecular weight is 219 g/mol. The van der Waals surface area contributed by atoms with E-state index in [0.29, 0.717) is 11.3 Å². The molecule has 0 saturated heterocycles. The number of rotatable bonds is 1. The van der Waals surface area contributed by atoms with Gasteiger partial charge in [0, 0.05) is 11.8 Å². The minimum absolute atomic E-state index is 0.493. The highest BCUT2D eigenvalue weighted by molar-refractivity contribution is 5.68. The predicted octanol–water partition coefficient (Wildman–Crippen LogP) is 3.52. The van der Waals surface area contributed by atoms with Crippen LogP contribution < -0.4 is 5.73 Å². The Bertz CT molecular complexity index is 445. The second-order valence-electron chi connectivity index (χ2n) is 3.79. The molecule has 0 aliphatic carbocycles. The van der Waals surface area contributed by atoms with E-state index < -0.39 is 11.6 Å². The molecule has 0 bridgehead atoms. The first-order chi connectivity index (χ1) is 7.54. The Morgan fingerprint density at radius 2 is 1.38 bits per heavy atom. The van der Waals surface area contributed by atoms with Gasteiger partial charge >= 0.3 is 0 Å². The monoisotopic (exact) mass is 219 g/mol. The second-order valence-corrected chi connectivity index (χ2v) is 3.79. The molecule has 2 N–H and O–H groups in total. The van der Waals surface area contributed by atoms with Crippen molar-refractivity contribution in [1.29, 1.82) is 0 Å². The fourth-order valence-electron chi connectivity index (χ4n) is 1.70. The zero-order chi connectivity index (χ0) is 11.7. The van der Waals surface area contributed by atoms with Crippen LogP contribution in [0.5, 0.6) is 0 Å². The summed E-state index contributed by atoms with van der Waals surface area (Å²) in [6.45, 7) is 1.88. The number of nitrogens with two attached hydrogens (primary N) is 1. The highest BCUT2D eigenvalue weighted by Crippen LogP contribution is 2.24. The molecule has 0 aliphatic rings. The van der Waals surface area contributed by atoms with Crippen LogP contribution in [0.3, 0.4) is 0 Å². The molecule has 16 heavy (non-hydrogen) atoms. The van der Waals surface area contributed by atoms with Gasteiger partial charge in [-0.2, -0.15) is 0 Å². The van der Waals surface area contributed by atoms with Gasteiger partial charge in [-0.05, 0) is 47.9 Å². The first-order valence-electron chi connectivity index (χ1n) is 4.88. The van der Waals surface area contributed by atoms with Crippen LogP contribution in [-0.4, -0.2) is 0 Å². The topological polar surface area (TPSA) is 26.0 Å². The summed E-state index contributed by atoms with van der Waals surface area (Å²) in [5.74, 6) is -1.18. The molecule has 2 rings (SSSR count). The summed E-state index contributed by atoms with van der Waals surface area (Å²) in [4.78, 5) is 0. The van der Waals surface area contributed by atoms with Gasteiger partial charge in [0.25, 0.3) is 0 Å². The van der Waals surface area contributed by atoms with E-state index in [-0.39, 0.29) is 0 Å². The predicted molar refractivity (Wildman–Crippen MR) is 60.9 cm³/mol. The molecule has 0 spiro atoms. The molecule has 2 aromatic rings. The summed E-state index contributed by atoms with van der Waals surface area (Å²) < 4.78 is 26.1. The molecule has 0 aliphatic heterocycles. The summed E-state index contributed by atoms with van der Waals surface area (Å²) in [5.41, 5.74) is 8.44. The lowest BCUT2D eigenvalue weighted by molar-refractivity contribution is 0.584. The van der Waals surface area contributed by atoms with Gasteiger partial charge in [0.2, 0.25) is 0 Å². The normalized spacial score (nSPS) is 10.4. The minimum atomic E-state index is -0.588. The van der Waals surface area contributed by atoms with Gasteiger partial charge in [-0.3, -0.25) is 0 Å². The molecule has 0 unspecified atom stereocenters. The minimum Gasteiger partial charge on any atom is -0.399 e. The lowest BCUT2D eigenvalue weighted by atomic mass is 10.0. The Labute approximate surface area is 92.5 Å². The van der Waals surface area contributed by atoms with E-state index in [1.807, 2.05) is 13.0 Å². The van der Waals surface area contributed by atoms with Crippen LogP contribution >= 0.6 is 0 Å². The molecule has 0 aromatic heterocycles. The van der Waals surface area contributed by atoms with Crippen molar-refractivity contribution in [2.24, 2.45) is 0 Å². The SMILES string of the molecule is Cc1cc(N)cc(-c2cc(F)cc(F)c2)c1. The summed E-state index contributed by atoms with van der Waals surface area (Å²) in [6, 6.07) is 8.77. The number of benzene rings is 2. The van der Waals surface area contributed by atoms with Crippen molar-refractivity contribution < 1.29 is 8.78 Å². The van der Waals surface area contributed by atoms with Gasteiger partial charge in [-0.25, -0.2) is 8.78 Å². The Balaban J connectivity index is 2.57. The quantitative estimate of drug-likeness (QED) is 0.729. The summed E-state index contributed by atoms with van der Waals surface area (Å²) in [7, 11) is 0. The number of hydrogen-bond acceptors (Lipinski definition) is 1. The van der Waals surface area contributed by atoms with E-state index in [0.717, 1.165) is 17.2 Å². The molecular weight excluding hydrogens is 208 g/mol. The lowest BCUT2D eigenvalue weighted by Gasteiger charge is -2.05. The number of hydrogen-bond donors (Lipinski definition) is 1. The molecule has 82 valence electrons. The van der Waals surface area contributed by atoms with Gasteiger partial charge in [-0.15, -0.1) is 0 Å². The molecule has 3 heteroatoms. The second kappa shape index (κ2) is 3.93. The van der Waals surface area contributed by atoms with Crippen LogP contribution in [-0.2, 0) is 0 Å². The smallest absolute Gasteiger partial charge is 0.126 e. The third-order valence-corrected chi connectivity index (χ3v) is 2.30. The van der Waals surface area contributed by atoms with Crippen molar-refractivity contribution in [2.45, 2.75) is 6.92 Å². The standard InChI is InChI=1S/C13H11F2N/c1-8-2-9(6-13(16)3-8)10-4-11(14)7-12(15)5-10/h2-7H,16H2,1H3. The van der Waals surface area contributed by atoms with Crippen LogP contribution in [0.15, 0.2) is 36.4 Å². The molecule has 0 radical (unpaired) electrons. The van der Waals surface area contributed by atoms with E-state index in [4.69, 9.17) is 5.73 Å². The lowest BCUT2D eigenvalue weighted by Crippen LogP contribution is -1.89. The van der Waals surface area contributed by atoms with Crippen molar-refractivity contribution in [3.8, 4) is 11.1 Å². The molecule has 0 heterocycles. The number of halogens is 2. The van der Waals surface area contributed by atoms with Crippen molar-refractivity contribution in [3.63, 3.8) is 0 Å². The molecule has 2 aromatic carbocycles. The van der Waals surface area contributed by atoms with Crippen molar-refractivity contribution in [1.82, 2.24) is 0 Å². The maximum absolute atomic E-state index is 13.0. The van der Waals surface area contributed by atoms with E-state index in [2.05, 4.69) is 0 Å². The van der Waals surface area contributed by atoms with Gasteiger partial charge in [0.1, 0.15) is 11.6 Å². The van der Waals surface area contributed by atoms with E-state index in [1.54, 1.807) is 12.1 Å². The zero-order valence-corrected chi connectivity index (χ0v) is 8.80. The molecule has 0 amide bonds. The highest BCUT2D eigenvalue weighted by Gasteiger charge is 2.04. The van der Waals surface area contributed by atoms with Crippen molar-refractivity contribution in [3.05, 3.63) is 53.6 Å². The molecular formula is C13H11F2N. The van der Waals surface area contributed by atoms with Crippen LogP contribution in [0, 0.1) is 18.6 Å². The third kappa shape index (κ3) is 2.19. The van der Waals surface area contributed by atoms with Crippen LogP contribution in [0.25, 0.3) is 11.1 Å². The van der Waals surface area contributed by atoms with Gasteiger partial charge in [0.05, 0.1) is 0 Å². The molecule has 1 nitrogen and oxygen atoms in total. The molecule has 0 atom stereocenters. The maximum atomic E-state index is 13.0. The number of anilines is 1. The third-order valence-electron chi connectivity index (χ3n) is 2.30. The Morgan fingerprint density at radius 1 is 0.812 bits per heavy atom. The van der Waals surface area contributed by atoms with Gasteiger partial charge in [-0.1, -0.05) is 6.07 Å². The summed E-state index contributed by atoms with van der Waals surface area (Å²) >= 11 is 0. The van der Waals surface area contributed by atoms with Crippen LogP contribution in [0.2, 0.25) is 0 Å². The van der Waals surface area contributed by atoms with E-state index >= 15 is 0 Å². The highest BCUT2D eigenvalue weighted by atomic mass is 19.1. The molecule has 0 fully saturated rings. The average Bonchev–Trinajstić information content (AvgIpc) is 2.14. The Hall–Kier alpha value is -1.90. The largest absolute Gasteiger partial charge is 0.399 e. The van der Waals surface area contributed by atoms with Crippen LogP contribution in [0.4, 0.5) is 14.5 Å². The Kier molecular flexibility index (Phi) is 2.60. The van der Waals surface area contributed by atoms with Crippen molar-refractivity contribution in [2.75, 3.05) is 5.73 Å². The fraction of sp³-hybridized carbons (Fsp3) is 0.0769. The number of nitrogen functional groups attached to an aromatic ring is 1. The fourth-order valence-corrected chi connectivity index (χ4v) is 1.70. The number of aryl methyl sites for hydroxylation is 1. The molecule has 0 saturated carbocycles. The van der Waals surface area contributed by atoms with Crippen molar-refractivity contribution >= 4 is 5.69 Å². The summed E-state index contributed by atoms with van der Waals surface area (Å²) in [5, 5.41) is 0. The van der Waals surface area contributed by atoms with E-state index in [9.17, 15) is 8.78 Å². The first-order valence-corrected chi connectivity index (χ1v) is 4.88. The van der Waals surface area contributed by atoms with E-state index in [1.165, 1.54) is 12.1 Å². The zero-order valence-electron chi connectivity index (χ0n) is 8.80. The van der Waals surface area contributed by atoms with Gasteiger partial charge < -0.3 is 5.73 Å². The Morgan fingerprint density at radius 3 is 1.94 bits per heavy atom. The first kappa shape index (κ1) is 10.6. The maximum Gasteiger partial charge on any atom is 0.126 e. The van der Waals surface area contributed by atoms with Crippen LogP contribution in [0.1, 0.15) is 5.56 Å². The van der Waals surface area contributed by atoms with Gasteiger partial charge in [0.15, 0.2) is 0 Å².